The number of benzene rings is 1. The van der Waals surface area contributed by atoms with Gasteiger partial charge in [-0.2, -0.15) is 4.98 Å². The average molecular weight is 343 g/mol. The largest absolute Gasteiger partial charge is 0.480 e. The van der Waals surface area contributed by atoms with Crippen molar-refractivity contribution < 1.29 is 19.2 Å². The van der Waals surface area contributed by atoms with Crippen LogP contribution in [0.4, 0.5) is 0 Å². The summed E-state index contributed by atoms with van der Waals surface area (Å²) in [5.74, 6) is 1.50. The molecule has 0 aliphatic carbocycles. The fraction of sp³-hybridized carbons (Fsp3) is 0.500. The van der Waals surface area contributed by atoms with Crippen LogP contribution in [-0.4, -0.2) is 44.8 Å². The first-order valence-corrected chi connectivity index (χ1v) is 8.48. The molecule has 0 unspecified atom stereocenters. The number of aryl methyl sites for hydroxylation is 3. The summed E-state index contributed by atoms with van der Waals surface area (Å²) in [6.45, 7) is 6.06. The molecule has 2 aliphatic rings. The molecule has 1 saturated heterocycles. The van der Waals surface area contributed by atoms with Gasteiger partial charge in [0.2, 0.25) is 5.89 Å². The topological polar surface area (TPSA) is 88.7 Å². The number of β-amino-alcohol motifs (C(OH)–C–C–N with tert-alkyl or cyclic N) is 1. The van der Waals surface area contributed by atoms with Gasteiger partial charge in [-0.25, -0.2) is 0 Å². The van der Waals surface area contributed by atoms with Gasteiger partial charge >= 0.3 is 0 Å². The highest BCUT2D eigenvalue weighted by Crippen LogP contribution is 2.36. The van der Waals surface area contributed by atoms with Gasteiger partial charge in [0.1, 0.15) is 11.8 Å². The SMILES string of the molecule is Cc1noc([C@H]2C[C@@H](O)CN2C(=O)[C@H]2Cc3cc(C)c(C)cc3O2)n1. The van der Waals surface area contributed by atoms with Crippen LogP contribution >= 0.6 is 0 Å². The number of likely N-dealkylation sites (tertiary alicyclic amines) is 1. The van der Waals surface area contributed by atoms with Gasteiger partial charge in [0.05, 0.1) is 6.10 Å². The summed E-state index contributed by atoms with van der Waals surface area (Å²) in [5, 5.41) is 13.8. The lowest BCUT2D eigenvalue weighted by atomic mass is 10.0. The minimum Gasteiger partial charge on any atom is -0.480 e. The molecule has 7 nitrogen and oxygen atoms in total. The molecular weight excluding hydrogens is 322 g/mol. The van der Waals surface area contributed by atoms with Crippen molar-refractivity contribution >= 4 is 5.91 Å². The second-order valence-corrected chi connectivity index (χ2v) is 6.93. The summed E-state index contributed by atoms with van der Waals surface area (Å²) >= 11 is 0. The highest BCUT2D eigenvalue weighted by atomic mass is 16.5. The van der Waals surface area contributed by atoms with Gasteiger partial charge < -0.3 is 19.3 Å². The molecule has 0 saturated carbocycles. The van der Waals surface area contributed by atoms with Crippen molar-refractivity contribution in [1.29, 1.82) is 0 Å². The monoisotopic (exact) mass is 343 g/mol. The van der Waals surface area contributed by atoms with Gasteiger partial charge in [-0.15, -0.1) is 0 Å². The van der Waals surface area contributed by atoms with Gasteiger partial charge in [0.25, 0.3) is 5.91 Å². The number of hydrogen-bond acceptors (Lipinski definition) is 6. The van der Waals surface area contributed by atoms with E-state index in [-0.39, 0.29) is 12.5 Å². The second kappa shape index (κ2) is 5.84. The molecule has 0 spiro atoms. The van der Waals surface area contributed by atoms with Gasteiger partial charge in [0, 0.05) is 19.4 Å². The Balaban J connectivity index is 1.56. The first kappa shape index (κ1) is 16.1. The van der Waals surface area contributed by atoms with Crippen molar-refractivity contribution in [3.05, 3.63) is 40.5 Å². The lowest BCUT2D eigenvalue weighted by Crippen LogP contribution is -2.41. The van der Waals surface area contributed by atoms with Crippen molar-refractivity contribution in [2.24, 2.45) is 0 Å². The molecule has 0 bridgehead atoms. The molecular formula is C18H21N3O4. The number of rotatable bonds is 2. The highest BCUT2D eigenvalue weighted by Gasteiger charge is 2.43. The number of fused-ring (bicyclic) bond motifs is 1. The van der Waals surface area contributed by atoms with Crippen molar-refractivity contribution in [3.63, 3.8) is 0 Å². The molecule has 7 heteroatoms. The fourth-order valence-corrected chi connectivity index (χ4v) is 3.58. The predicted octanol–water partition coefficient (Wildman–Crippen LogP) is 1.63. The van der Waals surface area contributed by atoms with Gasteiger partial charge in [0.15, 0.2) is 11.9 Å². The van der Waals surface area contributed by atoms with E-state index in [4.69, 9.17) is 9.26 Å². The molecule has 3 atom stereocenters. The van der Waals surface area contributed by atoms with E-state index in [2.05, 4.69) is 23.1 Å². The second-order valence-electron chi connectivity index (χ2n) is 6.93. The Hall–Kier alpha value is -2.41. The number of carbonyl (C=O) groups excluding carboxylic acids is 1. The average Bonchev–Trinajstić information content (AvgIpc) is 3.25. The number of aliphatic hydroxyl groups excluding tert-OH is 1. The van der Waals surface area contributed by atoms with E-state index in [0.717, 1.165) is 16.9 Å². The van der Waals surface area contributed by atoms with E-state index in [1.165, 1.54) is 5.56 Å². The maximum atomic E-state index is 13.0. The Labute approximate surface area is 145 Å². The van der Waals surface area contributed by atoms with Crippen molar-refractivity contribution in [2.45, 2.75) is 51.9 Å². The number of aliphatic hydroxyl groups is 1. The van der Waals surface area contributed by atoms with E-state index in [9.17, 15) is 9.90 Å². The van der Waals surface area contributed by atoms with Gasteiger partial charge in [-0.05, 0) is 43.5 Å². The van der Waals surface area contributed by atoms with Crippen LogP contribution in [-0.2, 0) is 11.2 Å². The van der Waals surface area contributed by atoms with Crippen molar-refractivity contribution in [3.8, 4) is 5.75 Å². The number of carbonyl (C=O) groups is 1. The molecule has 2 aromatic rings. The molecule has 3 heterocycles. The number of hydrogen-bond donors (Lipinski definition) is 1. The van der Waals surface area contributed by atoms with E-state index in [1.54, 1.807) is 11.8 Å². The lowest BCUT2D eigenvalue weighted by Gasteiger charge is -2.24. The standard InChI is InChI=1S/C18H21N3O4/c1-9-4-12-6-16(24-15(12)5-10(9)2)18(23)21-8-13(22)7-14(21)17-19-11(3)20-25-17/h4-5,13-14,16,22H,6-8H2,1-3H3/t13-,14-,16-/m1/s1. The smallest absolute Gasteiger partial charge is 0.264 e. The van der Waals surface area contributed by atoms with E-state index < -0.39 is 18.2 Å². The maximum Gasteiger partial charge on any atom is 0.264 e. The summed E-state index contributed by atoms with van der Waals surface area (Å²) in [6.07, 6.45) is -0.245. The lowest BCUT2D eigenvalue weighted by molar-refractivity contribution is -0.139. The van der Waals surface area contributed by atoms with E-state index >= 15 is 0 Å². The number of nitrogens with zero attached hydrogens (tertiary/aromatic N) is 3. The van der Waals surface area contributed by atoms with Crippen LogP contribution in [0.15, 0.2) is 16.7 Å². The van der Waals surface area contributed by atoms with Crippen molar-refractivity contribution in [2.75, 3.05) is 6.54 Å². The summed E-state index contributed by atoms with van der Waals surface area (Å²) in [4.78, 5) is 18.9. The van der Waals surface area contributed by atoms with E-state index in [0.29, 0.717) is 24.6 Å². The molecule has 2 aliphatic heterocycles. The molecule has 1 aromatic heterocycles. The first-order chi connectivity index (χ1) is 11.9. The molecule has 1 aromatic carbocycles. The Morgan fingerprint density at radius 2 is 2.04 bits per heavy atom. The zero-order valence-corrected chi connectivity index (χ0v) is 14.5. The number of aromatic nitrogens is 2. The van der Waals surface area contributed by atoms with Gasteiger partial charge in [-0.3, -0.25) is 4.79 Å². The Kier molecular flexibility index (Phi) is 3.76. The predicted molar refractivity (Wildman–Crippen MR) is 88.1 cm³/mol. The quantitative estimate of drug-likeness (QED) is 0.892. The first-order valence-electron chi connectivity index (χ1n) is 8.48. The zero-order chi connectivity index (χ0) is 17.7. The molecule has 0 radical (unpaired) electrons. The van der Waals surface area contributed by atoms with Crippen LogP contribution in [0, 0.1) is 20.8 Å². The number of amides is 1. The minimum atomic E-state index is -0.602. The summed E-state index contributed by atoms with van der Waals surface area (Å²) < 4.78 is 11.1. The van der Waals surface area contributed by atoms with Crippen LogP contribution in [0.1, 0.15) is 40.9 Å². The van der Waals surface area contributed by atoms with E-state index in [1.807, 2.05) is 13.0 Å². The third-order valence-corrected chi connectivity index (χ3v) is 5.02. The summed E-state index contributed by atoms with van der Waals surface area (Å²) in [7, 11) is 0. The van der Waals surface area contributed by atoms with Gasteiger partial charge in [-0.1, -0.05) is 11.2 Å². The Morgan fingerprint density at radius 1 is 1.28 bits per heavy atom. The molecule has 25 heavy (non-hydrogen) atoms. The molecule has 132 valence electrons. The van der Waals surface area contributed by atoms with Crippen LogP contribution in [0.25, 0.3) is 0 Å². The Bertz CT molecular complexity index is 801. The Morgan fingerprint density at radius 3 is 2.76 bits per heavy atom. The third-order valence-electron chi connectivity index (χ3n) is 5.02. The summed E-state index contributed by atoms with van der Waals surface area (Å²) in [5.41, 5.74) is 3.38. The minimum absolute atomic E-state index is 0.149. The number of ether oxygens (including phenoxy) is 1. The summed E-state index contributed by atoms with van der Waals surface area (Å²) in [6, 6.07) is 3.66. The molecule has 1 fully saturated rings. The molecule has 1 N–H and O–H groups in total. The van der Waals surface area contributed by atoms with Crippen LogP contribution in [0.3, 0.4) is 0 Å². The van der Waals surface area contributed by atoms with Crippen molar-refractivity contribution in [1.82, 2.24) is 15.0 Å². The van der Waals surface area contributed by atoms with Crippen LogP contribution in [0.5, 0.6) is 5.75 Å². The molecule has 1 amide bonds. The van der Waals surface area contributed by atoms with Crippen LogP contribution < -0.4 is 4.74 Å². The maximum absolute atomic E-state index is 13.0. The zero-order valence-electron chi connectivity index (χ0n) is 14.5. The fourth-order valence-electron chi connectivity index (χ4n) is 3.58. The molecule has 4 rings (SSSR count). The third kappa shape index (κ3) is 2.78. The highest BCUT2D eigenvalue weighted by molar-refractivity contribution is 5.83. The van der Waals surface area contributed by atoms with Crippen LogP contribution in [0.2, 0.25) is 0 Å². The normalized spacial score (nSPS) is 25.1.